The minimum Gasteiger partial charge on any atom is -0.497 e. The fourth-order valence-corrected chi connectivity index (χ4v) is 6.59. The van der Waals surface area contributed by atoms with E-state index >= 15 is 0 Å². The van der Waals surface area contributed by atoms with E-state index in [-0.39, 0.29) is 11.9 Å². The maximum atomic E-state index is 13.7. The van der Waals surface area contributed by atoms with Gasteiger partial charge in [0, 0.05) is 0 Å². The molecule has 4 nitrogen and oxygen atoms in total. The van der Waals surface area contributed by atoms with Crippen molar-refractivity contribution in [2.45, 2.75) is 50.2 Å². The lowest BCUT2D eigenvalue weighted by Crippen LogP contribution is -2.60. The number of hydrogen-bond acceptors (Lipinski definition) is 3. The van der Waals surface area contributed by atoms with Crippen LogP contribution in [0.4, 0.5) is 0 Å². The number of amides is 1. The average Bonchev–Trinajstić information content (AvgIpc) is 2.70. The lowest BCUT2D eigenvalue weighted by molar-refractivity contribution is -0.178. The predicted octanol–water partition coefficient (Wildman–Crippen LogP) is 4.23. The summed E-state index contributed by atoms with van der Waals surface area (Å²) in [4.78, 5) is 13.7. The van der Waals surface area contributed by atoms with E-state index < -0.39 is 11.0 Å². The molecule has 0 aromatic heterocycles. The first-order valence-electron chi connectivity index (χ1n) is 10.7. The van der Waals surface area contributed by atoms with Crippen molar-refractivity contribution in [1.29, 1.82) is 0 Å². The van der Waals surface area contributed by atoms with Crippen LogP contribution in [0.15, 0.2) is 54.6 Å². The highest BCUT2D eigenvalue weighted by molar-refractivity contribution is 5.84. The second kappa shape index (κ2) is 6.88. The zero-order valence-electron chi connectivity index (χ0n) is 16.9. The van der Waals surface area contributed by atoms with Gasteiger partial charge in [0.15, 0.2) is 0 Å². The first-order valence-corrected chi connectivity index (χ1v) is 10.7. The second-order valence-corrected chi connectivity index (χ2v) is 9.56. The number of nitrogens with one attached hydrogen (secondary N) is 1. The van der Waals surface area contributed by atoms with Gasteiger partial charge in [-0.3, -0.25) is 4.79 Å². The predicted molar refractivity (Wildman–Crippen MR) is 111 cm³/mol. The molecular weight excluding hydrogens is 362 g/mol. The molecule has 4 bridgehead atoms. The summed E-state index contributed by atoms with van der Waals surface area (Å²) in [7, 11) is 1.66. The van der Waals surface area contributed by atoms with Crippen LogP contribution in [-0.2, 0) is 4.79 Å². The number of methoxy groups -OCH3 is 1. The Kier molecular flexibility index (Phi) is 4.43. The number of ether oxygens (including phenoxy) is 1. The van der Waals surface area contributed by atoms with E-state index in [1.54, 1.807) is 7.11 Å². The number of carbonyl (C=O) groups excluding carboxylic acids is 1. The van der Waals surface area contributed by atoms with Crippen molar-refractivity contribution in [3.63, 3.8) is 0 Å². The molecular formula is C25H29NO3. The molecule has 4 aliphatic carbocycles. The van der Waals surface area contributed by atoms with Gasteiger partial charge in [-0.05, 0) is 73.6 Å². The van der Waals surface area contributed by atoms with Crippen molar-refractivity contribution in [3.05, 3.63) is 65.7 Å². The van der Waals surface area contributed by atoms with Crippen molar-refractivity contribution >= 4 is 5.91 Å². The number of aliphatic hydroxyl groups is 1. The molecule has 0 aliphatic heterocycles. The highest BCUT2D eigenvalue weighted by Gasteiger charge is 2.60. The van der Waals surface area contributed by atoms with E-state index in [4.69, 9.17) is 4.74 Å². The number of carbonyl (C=O) groups is 1. The minimum absolute atomic E-state index is 0.0988. The second-order valence-electron chi connectivity index (χ2n) is 9.56. The van der Waals surface area contributed by atoms with Gasteiger partial charge >= 0.3 is 0 Å². The van der Waals surface area contributed by atoms with Crippen molar-refractivity contribution in [2.24, 2.45) is 17.3 Å². The monoisotopic (exact) mass is 391 g/mol. The Bertz CT molecular complexity index is 895. The molecule has 0 spiro atoms. The molecule has 152 valence electrons. The summed E-state index contributed by atoms with van der Waals surface area (Å²) in [5.41, 5.74) is 0.995. The van der Waals surface area contributed by atoms with Crippen LogP contribution < -0.4 is 10.1 Å². The Labute approximate surface area is 172 Å². The van der Waals surface area contributed by atoms with E-state index in [0.717, 1.165) is 42.6 Å². The van der Waals surface area contributed by atoms with Crippen LogP contribution in [0.2, 0.25) is 0 Å². The van der Waals surface area contributed by atoms with Crippen LogP contribution in [-0.4, -0.2) is 23.7 Å². The standard InChI is InChI=1S/C25H29NO3/c1-29-21-9-5-8-20(11-21)22(19-6-3-2-4-7-19)26-23(27)24-12-17-10-18(13-24)15-25(28,14-17)16-24/h2-9,11,17-18,22,28H,10,12-16H2,1H3,(H,26,27)/t17-,18-,22+,24?,25?/m1/s1. The maximum Gasteiger partial charge on any atom is 0.227 e. The number of benzene rings is 2. The van der Waals surface area contributed by atoms with Gasteiger partial charge in [0.1, 0.15) is 5.75 Å². The van der Waals surface area contributed by atoms with E-state index in [9.17, 15) is 9.90 Å². The highest BCUT2D eigenvalue weighted by Crippen LogP contribution is 2.61. The average molecular weight is 392 g/mol. The van der Waals surface area contributed by atoms with Gasteiger partial charge in [0.25, 0.3) is 0 Å². The van der Waals surface area contributed by atoms with Crippen LogP contribution in [0.5, 0.6) is 5.75 Å². The quantitative estimate of drug-likeness (QED) is 0.802. The van der Waals surface area contributed by atoms with Gasteiger partial charge in [0.05, 0.1) is 24.2 Å². The van der Waals surface area contributed by atoms with Gasteiger partial charge in [-0.1, -0.05) is 42.5 Å². The Hall–Kier alpha value is -2.33. The third-order valence-corrected chi connectivity index (χ3v) is 7.35. The lowest BCUT2D eigenvalue weighted by Gasteiger charge is -2.59. The molecule has 3 atom stereocenters. The topological polar surface area (TPSA) is 58.6 Å². The third-order valence-electron chi connectivity index (χ3n) is 7.35. The largest absolute Gasteiger partial charge is 0.497 e. The van der Waals surface area contributed by atoms with Gasteiger partial charge in [-0.2, -0.15) is 0 Å². The van der Waals surface area contributed by atoms with Crippen molar-refractivity contribution in [1.82, 2.24) is 5.32 Å². The molecule has 1 amide bonds. The van der Waals surface area contributed by atoms with Gasteiger partial charge in [-0.15, -0.1) is 0 Å². The van der Waals surface area contributed by atoms with E-state index in [1.807, 2.05) is 42.5 Å². The molecule has 2 N–H and O–H groups in total. The van der Waals surface area contributed by atoms with Crippen LogP contribution >= 0.6 is 0 Å². The first-order chi connectivity index (χ1) is 14.0. The molecule has 2 aromatic rings. The van der Waals surface area contributed by atoms with E-state index in [0.29, 0.717) is 18.3 Å². The van der Waals surface area contributed by atoms with Crippen molar-refractivity contribution in [3.8, 4) is 5.75 Å². The third kappa shape index (κ3) is 3.33. The molecule has 4 saturated carbocycles. The van der Waals surface area contributed by atoms with E-state index in [1.165, 1.54) is 6.42 Å². The van der Waals surface area contributed by atoms with Gasteiger partial charge in [-0.25, -0.2) is 0 Å². The van der Waals surface area contributed by atoms with Gasteiger partial charge in [0.2, 0.25) is 5.91 Å². The normalized spacial score (nSPS) is 33.3. The molecule has 0 heterocycles. The zero-order chi connectivity index (χ0) is 20.1. The van der Waals surface area contributed by atoms with E-state index in [2.05, 4.69) is 17.4 Å². The smallest absolute Gasteiger partial charge is 0.227 e. The van der Waals surface area contributed by atoms with Crippen LogP contribution in [0.1, 0.15) is 55.7 Å². The molecule has 4 heteroatoms. The van der Waals surface area contributed by atoms with Crippen molar-refractivity contribution in [2.75, 3.05) is 7.11 Å². The molecule has 4 aliphatic rings. The summed E-state index contributed by atoms with van der Waals surface area (Å²) in [5, 5.41) is 14.4. The number of hydrogen-bond donors (Lipinski definition) is 2. The van der Waals surface area contributed by atoms with Crippen LogP contribution in [0.25, 0.3) is 0 Å². The molecule has 29 heavy (non-hydrogen) atoms. The lowest BCUT2D eigenvalue weighted by atomic mass is 9.47. The summed E-state index contributed by atoms with van der Waals surface area (Å²) < 4.78 is 5.41. The number of rotatable bonds is 5. The molecule has 0 saturated heterocycles. The Balaban J connectivity index is 1.47. The SMILES string of the molecule is COc1cccc([C@@H](NC(=O)C23C[C@H]4C[C@@H](CC(O)(C4)C2)C3)c2ccccc2)c1. The van der Waals surface area contributed by atoms with Crippen LogP contribution in [0, 0.1) is 17.3 Å². The highest BCUT2D eigenvalue weighted by atomic mass is 16.5. The first kappa shape index (κ1) is 18.7. The summed E-state index contributed by atoms with van der Waals surface area (Å²) in [6.45, 7) is 0. The van der Waals surface area contributed by atoms with Crippen molar-refractivity contribution < 1.29 is 14.6 Å². The molecule has 2 aromatic carbocycles. The summed E-state index contributed by atoms with van der Waals surface area (Å²) in [6.07, 6.45) is 5.36. The van der Waals surface area contributed by atoms with Gasteiger partial charge < -0.3 is 15.2 Å². The minimum atomic E-state index is -0.639. The fourth-order valence-electron chi connectivity index (χ4n) is 6.59. The Morgan fingerprint density at radius 1 is 1.03 bits per heavy atom. The van der Waals surface area contributed by atoms with Crippen LogP contribution in [0.3, 0.4) is 0 Å². The summed E-state index contributed by atoms with van der Waals surface area (Å²) >= 11 is 0. The Morgan fingerprint density at radius 2 is 1.72 bits per heavy atom. The zero-order valence-corrected chi connectivity index (χ0v) is 16.9. The molecule has 0 radical (unpaired) electrons. The maximum absolute atomic E-state index is 13.7. The molecule has 6 rings (SSSR count). The molecule has 4 fully saturated rings. The fraction of sp³-hybridized carbons (Fsp3) is 0.480. The Morgan fingerprint density at radius 3 is 2.38 bits per heavy atom. The summed E-state index contributed by atoms with van der Waals surface area (Å²) in [5.74, 6) is 1.85. The summed E-state index contributed by atoms with van der Waals surface area (Å²) in [6, 6.07) is 17.8. The molecule has 0 unspecified atom stereocenters.